The first-order valence-corrected chi connectivity index (χ1v) is 34.4. The number of rotatable bonds is 11. The number of fused-ring (bicyclic) bond motifs is 12. The fraction of sp³-hybridized carbons (Fsp3) is 0. The van der Waals surface area contributed by atoms with E-state index in [0.717, 1.165) is 50.5 Å². The third-order valence-electron chi connectivity index (χ3n) is 20.8. The van der Waals surface area contributed by atoms with Crippen molar-refractivity contribution < 1.29 is 0 Å². The van der Waals surface area contributed by atoms with E-state index in [1.807, 2.05) is 0 Å². The van der Waals surface area contributed by atoms with Gasteiger partial charge in [0, 0.05) is 65.8 Å². The van der Waals surface area contributed by atoms with E-state index in [9.17, 15) is 0 Å². The van der Waals surface area contributed by atoms with Crippen LogP contribution in [0.3, 0.4) is 0 Å². The third-order valence-corrected chi connectivity index (χ3v) is 20.8. The van der Waals surface area contributed by atoms with Crippen molar-refractivity contribution in [3.8, 4) is 101 Å². The van der Waals surface area contributed by atoms with E-state index in [1.165, 1.54) is 137 Å². The average Bonchev–Trinajstić information content (AvgIpc) is 1.60. The molecule has 0 bridgehead atoms. The van der Waals surface area contributed by atoms with E-state index in [2.05, 4.69) is 394 Å². The van der Waals surface area contributed by atoms with E-state index in [1.54, 1.807) is 0 Å². The van der Waals surface area contributed by atoms with Crippen LogP contribution in [0.15, 0.2) is 376 Å². The van der Waals surface area contributed by atoms with Gasteiger partial charge in [-0.15, -0.1) is 0 Å². The fourth-order valence-electron chi connectivity index (χ4n) is 16.0. The number of hydrogen-bond acceptors (Lipinski definition) is 0. The molecule has 0 saturated heterocycles. The van der Waals surface area contributed by atoms with Crippen molar-refractivity contribution in [1.29, 1.82) is 0 Å². The summed E-state index contributed by atoms with van der Waals surface area (Å²) in [4.78, 5) is 0. The molecule has 16 aromatic carbocycles. The van der Waals surface area contributed by atoms with Gasteiger partial charge < -0.3 is 18.3 Å². The second-order valence-corrected chi connectivity index (χ2v) is 26.4. The molecule has 0 amide bonds. The number of benzene rings is 16. The van der Waals surface area contributed by atoms with Gasteiger partial charge in [-0.25, -0.2) is 0 Å². The number of hydrogen-bond donors (Lipinski definition) is 0. The van der Waals surface area contributed by atoms with Crippen LogP contribution in [-0.2, 0) is 0 Å². The topological polar surface area (TPSA) is 19.7 Å². The van der Waals surface area contributed by atoms with Gasteiger partial charge in [0.25, 0.3) is 0 Å². The summed E-state index contributed by atoms with van der Waals surface area (Å²) in [5.74, 6) is 0. The summed E-state index contributed by atoms with van der Waals surface area (Å²) in [5.41, 5.74) is 30.5. The molecule has 0 aliphatic carbocycles. The smallest absolute Gasteiger partial charge is 0.0547 e. The quantitative estimate of drug-likeness (QED) is 0.123. The van der Waals surface area contributed by atoms with Crippen LogP contribution in [0, 0.1) is 0 Å². The maximum Gasteiger partial charge on any atom is 0.0547 e. The first kappa shape index (κ1) is 57.0. The summed E-state index contributed by atoms with van der Waals surface area (Å²) in [6, 6.07) is 139. The molecule has 0 N–H and O–H groups in total. The summed E-state index contributed by atoms with van der Waals surface area (Å²) in [6.45, 7) is 0. The Labute approximate surface area is 578 Å². The van der Waals surface area contributed by atoms with E-state index >= 15 is 0 Å². The molecule has 20 rings (SSSR count). The van der Waals surface area contributed by atoms with Gasteiger partial charge in [0.15, 0.2) is 0 Å². The van der Waals surface area contributed by atoms with Crippen LogP contribution < -0.4 is 0 Å². The lowest BCUT2D eigenvalue weighted by molar-refractivity contribution is 1.18. The minimum atomic E-state index is 1.12. The highest BCUT2D eigenvalue weighted by atomic mass is 15.0. The summed E-state index contributed by atoms with van der Waals surface area (Å²) in [6.07, 6.45) is 0. The molecule has 100 heavy (non-hydrogen) atoms. The molecule has 4 nitrogen and oxygen atoms in total. The van der Waals surface area contributed by atoms with Gasteiger partial charge in [-0.3, -0.25) is 0 Å². The van der Waals surface area contributed by atoms with Gasteiger partial charge in [0.1, 0.15) is 0 Å². The Bertz CT molecular complexity index is 6590. The molecule has 0 saturated carbocycles. The van der Waals surface area contributed by atoms with Crippen molar-refractivity contribution >= 4 is 87.2 Å². The molecule has 0 fully saturated rings. The first-order valence-electron chi connectivity index (χ1n) is 34.4. The van der Waals surface area contributed by atoms with Crippen molar-refractivity contribution in [2.75, 3.05) is 0 Å². The minimum Gasteiger partial charge on any atom is -0.309 e. The standard InChI is InChI=1S/C96H62N4/c1-5-19-63(20-6-1)66-39-47-78(48-40-66)98-92-52-44-73(71-43-51-91-85(57-71)81-31-13-15-33-89(81)97(91)77-27-11-4-12-28-77)59-87(92)83-50-42-76(62-95(83)98)68-37-35-67(36-38-68)70-26-18-29-79(56-70)99-90-34-16-14-32-82(90)86-58-72(45-53-93(86)99)74-46-54-94-88(60-74)84-49-41-75(65-23-9-3-10-24-65)61-96(84)100(94)80-30-17-25-69(55-80)64-21-7-2-8-22-64/h1-62H. The zero-order valence-electron chi connectivity index (χ0n) is 54.6. The van der Waals surface area contributed by atoms with Crippen molar-refractivity contribution in [3.63, 3.8) is 0 Å². The zero-order valence-corrected chi connectivity index (χ0v) is 54.6. The number of aromatic nitrogens is 4. The van der Waals surface area contributed by atoms with Crippen LogP contribution in [0.4, 0.5) is 0 Å². The highest BCUT2D eigenvalue weighted by molar-refractivity contribution is 6.15. The van der Waals surface area contributed by atoms with Crippen molar-refractivity contribution in [2.24, 2.45) is 0 Å². The number of para-hydroxylation sites is 3. The Kier molecular flexibility index (Phi) is 13.2. The van der Waals surface area contributed by atoms with E-state index < -0.39 is 0 Å². The summed E-state index contributed by atoms with van der Waals surface area (Å²) in [5, 5.41) is 9.81. The first-order chi connectivity index (χ1) is 49.6. The predicted octanol–water partition coefficient (Wildman–Crippen LogP) is 25.7. The fourth-order valence-corrected chi connectivity index (χ4v) is 16.0. The molecule has 20 aromatic rings. The maximum atomic E-state index is 2.45. The minimum absolute atomic E-state index is 1.12. The Morgan fingerprint density at radius 3 is 0.760 bits per heavy atom. The largest absolute Gasteiger partial charge is 0.309 e. The average molecular weight is 1270 g/mol. The second kappa shape index (κ2) is 23.2. The molecule has 0 radical (unpaired) electrons. The summed E-state index contributed by atoms with van der Waals surface area (Å²) < 4.78 is 9.72. The molecule has 4 heteroatoms. The maximum absolute atomic E-state index is 2.45. The molecule has 0 atom stereocenters. The molecule has 0 spiro atoms. The Morgan fingerprint density at radius 2 is 0.340 bits per heavy atom. The predicted molar refractivity (Wildman–Crippen MR) is 422 cm³/mol. The molecule has 4 heterocycles. The zero-order chi connectivity index (χ0) is 65.8. The molecule has 0 aliphatic rings. The van der Waals surface area contributed by atoms with Gasteiger partial charge in [0.2, 0.25) is 0 Å². The van der Waals surface area contributed by atoms with Crippen LogP contribution in [-0.4, -0.2) is 18.3 Å². The molecular formula is C96H62N4. The van der Waals surface area contributed by atoms with Gasteiger partial charge in [-0.1, -0.05) is 255 Å². The molecule has 4 aromatic heterocycles. The SMILES string of the molecule is c1ccc(-c2ccc(-n3c4ccc(-c5ccc6c(c5)c5ccccc5n6-c5ccccc5)cc4c4ccc(-c5ccc(-c6cccc(-n7c8ccccc8c8cc(-c9ccc%10c(c9)c9ccc(-c%11ccccc%11)cc9n%10-c9cccc(-c%10ccccc%10)c9)ccc87)c6)cc5)cc43)cc2)cc1. The van der Waals surface area contributed by atoms with Crippen molar-refractivity contribution in [1.82, 2.24) is 18.3 Å². The van der Waals surface area contributed by atoms with Crippen LogP contribution in [0.1, 0.15) is 0 Å². The van der Waals surface area contributed by atoms with Crippen LogP contribution in [0.25, 0.3) is 188 Å². The highest BCUT2D eigenvalue weighted by Gasteiger charge is 2.21. The molecule has 0 aliphatic heterocycles. The lowest BCUT2D eigenvalue weighted by Gasteiger charge is -2.12. The van der Waals surface area contributed by atoms with Gasteiger partial charge >= 0.3 is 0 Å². The van der Waals surface area contributed by atoms with Crippen molar-refractivity contribution in [3.05, 3.63) is 376 Å². The van der Waals surface area contributed by atoms with Crippen LogP contribution >= 0.6 is 0 Å². The van der Waals surface area contributed by atoms with Gasteiger partial charge in [-0.05, 0) is 199 Å². The van der Waals surface area contributed by atoms with Gasteiger partial charge in [0.05, 0.1) is 44.1 Å². The Balaban J connectivity index is 0.646. The van der Waals surface area contributed by atoms with E-state index in [-0.39, 0.29) is 0 Å². The Morgan fingerprint density at radius 1 is 0.110 bits per heavy atom. The third kappa shape index (κ3) is 9.45. The molecular weight excluding hydrogens is 1210 g/mol. The normalized spacial score (nSPS) is 11.8. The second-order valence-electron chi connectivity index (χ2n) is 26.4. The van der Waals surface area contributed by atoms with E-state index in [0.29, 0.717) is 0 Å². The molecule has 466 valence electrons. The highest BCUT2D eigenvalue weighted by Crippen LogP contribution is 2.44. The van der Waals surface area contributed by atoms with Crippen LogP contribution in [0.5, 0.6) is 0 Å². The summed E-state index contributed by atoms with van der Waals surface area (Å²) in [7, 11) is 0. The van der Waals surface area contributed by atoms with Crippen molar-refractivity contribution in [2.45, 2.75) is 0 Å². The van der Waals surface area contributed by atoms with E-state index in [4.69, 9.17) is 0 Å². The Hall–Kier alpha value is -13.3. The monoisotopic (exact) mass is 1270 g/mol. The lowest BCUT2D eigenvalue weighted by atomic mass is 9.98. The van der Waals surface area contributed by atoms with Gasteiger partial charge in [-0.2, -0.15) is 0 Å². The lowest BCUT2D eigenvalue weighted by Crippen LogP contribution is -1.95. The summed E-state index contributed by atoms with van der Waals surface area (Å²) >= 11 is 0. The number of nitrogens with zero attached hydrogens (tertiary/aromatic N) is 4. The van der Waals surface area contributed by atoms with Crippen LogP contribution in [0.2, 0.25) is 0 Å². The molecule has 0 unspecified atom stereocenters.